The first-order chi connectivity index (χ1) is 13.8. The van der Waals surface area contributed by atoms with Crippen molar-refractivity contribution < 1.29 is 4.74 Å². The molecule has 6 nitrogen and oxygen atoms in total. The number of hydrogen-bond acceptors (Lipinski definition) is 5. The van der Waals surface area contributed by atoms with Crippen LogP contribution in [0.3, 0.4) is 0 Å². The molecule has 0 saturated heterocycles. The van der Waals surface area contributed by atoms with E-state index >= 15 is 0 Å². The van der Waals surface area contributed by atoms with Crippen LogP contribution in [0.25, 0.3) is 16.8 Å². The molecular weight excluding hydrogens is 350 g/mol. The molecule has 0 atom stereocenters. The Morgan fingerprint density at radius 2 is 1.82 bits per heavy atom. The zero-order valence-corrected chi connectivity index (χ0v) is 15.9. The van der Waals surface area contributed by atoms with E-state index in [4.69, 9.17) is 4.74 Å². The molecular formula is C22H23N5O. The first-order valence-electron chi connectivity index (χ1n) is 9.46. The highest BCUT2D eigenvalue weighted by Crippen LogP contribution is 2.21. The Balaban J connectivity index is 1.34. The summed E-state index contributed by atoms with van der Waals surface area (Å²) in [5.74, 6) is 0.914. The number of benzene rings is 2. The van der Waals surface area contributed by atoms with Gasteiger partial charge < -0.3 is 10.1 Å². The first kappa shape index (κ1) is 18.1. The lowest BCUT2D eigenvalue weighted by molar-refractivity contribution is 0.308. The Morgan fingerprint density at radius 1 is 1.00 bits per heavy atom. The fraction of sp³-hybridized carbons (Fsp3) is 0.227. The van der Waals surface area contributed by atoms with Crippen molar-refractivity contribution in [2.45, 2.75) is 19.9 Å². The van der Waals surface area contributed by atoms with E-state index in [-0.39, 0.29) is 0 Å². The van der Waals surface area contributed by atoms with Crippen LogP contribution in [0.15, 0.2) is 66.9 Å². The van der Waals surface area contributed by atoms with Gasteiger partial charge in [0.05, 0.1) is 6.61 Å². The molecule has 2 aromatic carbocycles. The Hall–Kier alpha value is -3.25. The van der Waals surface area contributed by atoms with Gasteiger partial charge >= 0.3 is 0 Å². The molecule has 0 saturated carbocycles. The summed E-state index contributed by atoms with van der Waals surface area (Å²) in [5.41, 5.74) is 5.34. The van der Waals surface area contributed by atoms with Gasteiger partial charge in [-0.15, -0.1) is 5.10 Å². The molecule has 2 aromatic heterocycles. The lowest BCUT2D eigenvalue weighted by Crippen LogP contribution is -2.17. The van der Waals surface area contributed by atoms with Gasteiger partial charge in [-0.25, -0.2) is 0 Å². The Morgan fingerprint density at radius 3 is 2.64 bits per heavy atom. The molecule has 6 heteroatoms. The summed E-state index contributed by atoms with van der Waals surface area (Å²) < 4.78 is 7.51. The number of rotatable bonds is 8. The van der Waals surface area contributed by atoms with Crippen LogP contribution in [-0.2, 0) is 6.54 Å². The summed E-state index contributed by atoms with van der Waals surface area (Å²) in [6.45, 7) is 4.31. The molecule has 4 aromatic rings. The minimum absolute atomic E-state index is 0.683. The van der Waals surface area contributed by atoms with Crippen molar-refractivity contribution >= 4 is 5.65 Å². The molecule has 0 spiro atoms. The number of aromatic nitrogens is 4. The number of ether oxygens (including phenoxy) is 1. The van der Waals surface area contributed by atoms with Crippen molar-refractivity contribution in [1.82, 2.24) is 25.4 Å². The number of nitrogens with zero attached hydrogens (tertiary/aromatic N) is 4. The fourth-order valence-corrected chi connectivity index (χ4v) is 3.08. The summed E-state index contributed by atoms with van der Waals surface area (Å²) in [5, 5.41) is 15.5. The number of hydrogen-bond donors (Lipinski definition) is 1. The van der Waals surface area contributed by atoms with E-state index in [1.165, 1.54) is 5.56 Å². The number of fused-ring (bicyclic) bond motifs is 1. The topological polar surface area (TPSA) is 64.3 Å². The summed E-state index contributed by atoms with van der Waals surface area (Å²) in [6, 6.07) is 20.5. The third kappa shape index (κ3) is 4.35. The SMILES string of the molecule is Cc1ccc(OCCCNCc2cc(-c3ccccc3)cn3nnnc23)cc1. The smallest absolute Gasteiger partial charge is 0.183 e. The molecule has 0 bridgehead atoms. The largest absolute Gasteiger partial charge is 0.494 e. The predicted molar refractivity (Wildman–Crippen MR) is 109 cm³/mol. The molecule has 0 aliphatic heterocycles. The summed E-state index contributed by atoms with van der Waals surface area (Å²) in [6.07, 6.45) is 2.89. The average Bonchev–Trinajstić information content (AvgIpc) is 3.21. The second-order valence-corrected chi connectivity index (χ2v) is 6.76. The van der Waals surface area contributed by atoms with Crippen LogP contribution in [-0.4, -0.2) is 33.2 Å². The number of tetrazole rings is 1. The zero-order chi connectivity index (χ0) is 19.2. The van der Waals surface area contributed by atoms with Crippen LogP contribution in [0.1, 0.15) is 17.5 Å². The number of nitrogens with one attached hydrogen (secondary N) is 1. The maximum absolute atomic E-state index is 5.77. The van der Waals surface area contributed by atoms with Crippen molar-refractivity contribution in [2.24, 2.45) is 0 Å². The van der Waals surface area contributed by atoms with Gasteiger partial charge in [-0.1, -0.05) is 48.0 Å². The molecule has 4 rings (SSSR count). The van der Waals surface area contributed by atoms with E-state index < -0.39 is 0 Å². The van der Waals surface area contributed by atoms with Crippen LogP contribution in [0.5, 0.6) is 5.75 Å². The molecule has 0 amide bonds. The van der Waals surface area contributed by atoms with E-state index in [0.717, 1.165) is 41.1 Å². The fourth-order valence-electron chi connectivity index (χ4n) is 3.08. The highest BCUT2D eigenvalue weighted by Gasteiger charge is 2.08. The predicted octanol–water partition coefficient (Wildman–Crippen LogP) is 3.66. The highest BCUT2D eigenvalue weighted by molar-refractivity contribution is 5.66. The third-order valence-corrected chi connectivity index (χ3v) is 4.58. The number of pyridine rings is 1. The van der Waals surface area contributed by atoms with Crippen LogP contribution in [0.2, 0.25) is 0 Å². The molecule has 0 aliphatic rings. The van der Waals surface area contributed by atoms with Crippen molar-refractivity contribution in [2.75, 3.05) is 13.2 Å². The van der Waals surface area contributed by atoms with Gasteiger partial charge in [-0.2, -0.15) is 4.52 Å². The second kappa shape index (κ2) is 8.63. The summed E-state index contributed by atoms with van der Waals surface area (Å²) >= 11 is 0. The quantitative estimate of drug-likeness (QED) is 0.478. The number of aryl methyl sites for hydroxylation is 1. The molecule has 0 aliphatic carbocycles. The molecule has 28 heavy (non-hydrogen) atoms. The zero-order valence-electron chi connectivity index (χ0n) is 15.9. The van der Waals surface area contributed by atoms with Crippen molar-refractivity contribution in [3.63, 3.8) is 0 Å². The molecule has 0 unspecified atom stereocenters. The second-order valence-electron chi connectivity index (χ2n) is 6.76. The lowest BCUT2D eigenvalue weighted by Gasteiger charge is -2.09. The van der Waals surface area contributed by atoms with E-state index in [9.17, 15) is 0 Å². The van der Waals surface area contributed by atoms with Gasteiger partial charge in [0.25, 0.3) is 0 Å². The highest BCUT2D eigenvalue weighted by atomic mass is 16.5. The molecule has 2 heterocycles. The van der Waals surface area contributed by atoms with E-state index in [2.05, 4.69) is 58.1 Å². The minimum atomic E-state index is 0.683. The van der Waals surface area contributed by atoms with Gasteiger partial charge in [-0.3, -0.25) is 0 Å². The van der Waals surface area contributed by atoms with E-state index in [1.807, 2.05) is 36.5 Å². The Labute approximate surface area is 164 Å². The first-order valence-corrected chi connectivity index (χ1v) is 9.46. The van der Waals surface area contributed by atoms with Crippen LogP contribution in [0, 0.1) is 6.92 Å². The van der Waals surface area contributed by atoms with Gasteiger partial charge in [-0.05, 0) is 54.1 Å². The molecule has 1 N–H and O–H groups in total. The van der Waals surface area contributed by atoms with Crippen LogP contribution < -0.4 is 10.1 Å². The summed E-state index contributed by atoms with van der Waals surface area (Å²) in [7, 11) is 0. The molecule has 0 fully saturated rings. The monoisotopic (exact) mass is 373 g/mol. The molecule has 0 radical (unpaired) electrons. The van der Waals surface area contributed by atoms with Gasteiger partial charge in [0, 0.05) is 23.9 Å². The summed E-state index contributed by atoms with van der Waals surface area (Å²) in [4.78, 5) is 0. The molecule has 142 valence electrons. The normalized spacial score (nSPS) is 11.0. The maximum Gasteiger partial charge on any atom is 0.183 e. The van der Waals surface area contributed by atoms with Crippen molar-refractivity contribution in [3.8, 4) is 16.9 Å². The standard InChI is InChI=1S/C22H23N5O/c1-17-8-10-21(11-9-17)28-13-5-12-23-15-19-14-20(18-6-3-2-4-7-18)16-27-22(19)24-25-26-27/h2-4,6-11,14,16,23H,5,12-13,15H2,1H3. The minimum Gasteiger partial charge on any atom is -0.494 e. The average molecular weight is 373 g/mol. The van der Waals surface area contributed by atoms with Gasteiger partial charge in [0.15, 0.2) is 5.65 Å². The van der Waals surface area contributed by atoms with Gasteiger partial charge in [0.1, 0.15) is 5.75 Å². The van der Waals surface area contributed by atoms with E-state index in [0.29, 0.717) is 13.2 Å². The van der Waals surface area contributed by atoms with Crippen LogP contribution >= 0.6 is 0 Å². The van der Waals surface area contributed by atoms with E-state index in [1.54, 1.807) is 4.52 Å². The lowest BCUT2D eigenvalue weighted by atomic mass is 10.1. The third-order valence-electron chi connectivity index (χ3n) is 4.58. The van der Waals surface area contributed by atoms with Gasteiger partial charge in [0.2, 0.25) is 0 Å². The van der Waals surface area contributed by atoms with Crippen molar-refractivity contribution in [3.05, 3.63) is 78.0 Å². The Kier molecular flexibility index (Phi) is 5.58. The Bertz CT molecular complexity index is 1030. The maximum atomic E-state index is 5.77. The van der Waals surface area contributed by atoms with Crippen LogP contribution in [0.4, 0.5) is 0 Å². The van der Waals surface area contributed by atoms with Crippen molar-refractivity contribution in [1.29, 1.82) is 0 Å².